The molecule has 1 fully saturated rings. The highest BCUT2D eigenvalue weighted by Crippen LogP contribution is 2.36. The van der Waals surface area contributed by atoms with Gasteiger partial charge < -0.3 is 14.8 Å². The lowest BCUT2D eigenvalue weighted by atomic mass is 9.96. The van der Waals surface area contributed by atoms with Gasteiger partial charge in [0.05, 0.1) is 20.3 Å². The molecule has 2 aromatic rings. The Hall–Kier alpha value is -1.69. The van der Waals surface area contributed by atoms with Crippen molar-refractivity contribution in [1.82, 2.24) is 10.2 Å². The summed E-state index contributed by atoms with van der Waals surface area (Å²) < 4.78 is 11.0. The van der Waals surface area contributed by atoms with Crippen LogP contribution in [0.5, 0.6) is 11.5 Å². The van der Waals surface area contributed by atoms with Gasteiger partial charge in [-0.1, -0.05) is 18.2 Å². The Morgan fingerprint density at radius 1 is 0.923 bits per heavy atom. The van der Waals surface area contributed by atoms with Gasteiger partial charge in [-0.3, -0.25) is 4.90 Å². The lowest BCUT2D eigenvalue weighted by Crippen LogP contribution is -2.33. The lowest BCUT2D eigenvalue weighted by Gasteiger charge is -2.31. The molecule has 3 rings (SSSR count). The number of nitrogens with one attached hydrogen (secondary N) is 1. The van der Waals surface area contributed by atoms with Crippen molar-refractivity contribution >= 4 is 11.8 Å². The summed E-state index contributed by atoms with van der Waals surface area (Å²) in [5, 5.41) is 3.50. The van der Waals surface area contributed by atoms with Crippen molar-refractivity contribution in [2.24, 2.45) is 0 Å². The molecule has 26 heavy (non-hydrogen) atoms. The van der Waals surface area contributed by atoms with Crippen molar-refractivity contribution in [2.45, 2.75) is 17.4 Å². The molecule has 2 aromatic carbocycles. The largest absolute Gasteiger partial charge is 0.493 e. The third kappa shape index (κ3) is 4.34. The van der Waals surface area contributed by atoms with Crippen molar-refractivity contribution in [3.8, 4) is 11.5 Å². The number of rotatable bonds is 6. The zero-order valence-electron chi connectivity index (χ0n) is 15.8. The standard InChI is InChI=1S/C21H28N2O2S/c1-24-19-10-7-17(15-20(19)25-2)21(23-13-4-11-22-12-14-23)16-5-8-18(26-3)9-6-16/h5-10,15,21-22H,4,11-14H2,1-3H3. The molecule has 140 valence electrons. The van der Waals surface area contributed by atoms with Crippen LogP contribution in [0.1, 0.15) is 23.6 Å². The topological polar surface area (TPSA) is 33.7 Å². The predicted molar refractivity (Wildman–Crippen MR) is 109 cm³/mol. The van der Waals surface area contributed by atoms with Gasteiger partial charge >= 0.3 is 0 Å². The van der Waals surface area contributed by atoms with Gasteiger partial charge in [-0.25, -0.2) is 0 Å². The van der Waals surface area contributed by atoms with Gasteiger partial charge in [-0.2, -0.15) is 0 Å². The molecule has 1 heterocycles. The summed E-state index contributed by atoms with van der Waals surface area (Å²) in [5.74, 6) is 1.55. The summed E-state index contributed by atoms with van der Waals surface area (Å²) in [6.45, 7) is 4.22. The van der Waals surface area contributed by atoms with Crippen LogP contribution in [0.3, 0.4) is 0 Å². The molecule has 0 bridgehead atoms. The molecule has 0 spiro atoms. The summed E-state index contributed by atoms with van der Waals surface area (Å²) in [6.07, 6.45) is 3.27. The van der Waals surface area contributed by atoms with Crippen LogP contribution in [0.2, 0.25) is 0 Å². The molecular weight excluding hydrogens is 344 g/mol. The molecule has 0 amide bonds. The molecule has 4 nitrogen and oxygen atoms in total. The Bertz CT molecular complexity index is 698. The number of hydrogen-bond acceptors (Lipinski definition) is 5. The first-order chi connectivity index (χ1) is 12.8. The van der Waals surface area contributed by atoms with Gasteiger partial charge in [0.25, 0.3) is 0 Å². The van der Waals surface area contributed by atoms with Crippen LogP contribution in [0.4, 0.5) is 0 Å². The first-order valence-electron chi connectivity index (χ1n) is 9.07. The van der Waals surface area contributed by atoms with Crippen LogP contribution in [-0.2, 0) is 0 Å². The van der Waals surface area contributed by atoms with Gasteiger partial charge in [-0.15, -0.1) is 11.8 Å². The zero-order valence-corrected chi connectivity index (χ0v) is 16.6. The van der Waals surface area contributed by atoms with E-state index >= 15 is 0 Å². The van der Waals surface area contributed by atoms with Crippen molar-refractivity contribution in [3.63, 3.8) is 0 Å². The second kappa shape index (κ2) is 9.31. The third-order valence-electron chi connectivity index (χ3n) is 4.89. The second-order valence-electron chi connectivity index (χ2n) is 6.43. The van der Waals surface area contributed by atoms with Crippen molar-refractivity contribution in [3.05, 3.63) is 53.6 Å². The molecule has 1 N–H and O–H groups in total. The summed E-state index contributed by atoms with van der Waals surface area (Å²) in [7, 11) is 3.37. The molecule has 5 heteroatoms. The Morgan fingerprint density at radius 3 is 2.35 bits per heavy atom. The quantitative estimate of drug-likeness (QED) is 0.780. The van der Waals surface area contributed by atoms with E-state index < -0.39 is 0 Å². The van der Waals surface area contributed by atoms with E-state index in [1.807, 2.05) is 6.07 Å². The fourth-order valence-corrected chi connectivity index (χ4v) is 3.96. The molecule has 1 unspecified atom stereocenters. The molecule has 0 aromatic heterocycles. The Balaban J connectivity index is 2.01. The lowest BCUT2D eigenvalue weighted by molar-refractivity contribution is 0.240. The molecule has 0 saturated carbocycles. The third-order valence-corrected chi connectivity index (χ3v) is 5.64. The molecule has 0 aliphatic carbocycles. The van der Waals surface area contributed by atoms with E-state index in [1.165, 1.54) is 16.0 Å². The predicted octanol–water partition coefficient (Wildman–Crippen LogP) is 3.81. The zero-order chi connectivity index (χ0) is 18.4. The van der Waals surface area contributed by atoms with E-state index in [0.29, 0.717) is 0 Å². The van der Waals surface area contributed by atoms with Gasteiger partial charge in [0.15, 0.2) is 11.5 Å². The number of thioether (sulfide) groups is 1. The average Bonchev–Trinajstić information content (AvgIpc) is 2.98. The molecule has 1 saturated heterocycles. The normalized spacial score (nSPS) is 16.7. The van der Waals surface area contributed by atoms with Crippen molar-refractivity contribution < 1.29 is 9.47 Å². The molecular formula is C21H28N2O2S. The molecule has 1 aliphatic heterocycles. The van der Waals surface area contributed by atoms with Crippen LogP contribution >= 0.6 is 11.8 Å². The van der Waals surface area contributed by atoms with E-state index in [1.54, 1.807) is 26.0 Å². The summed E-state index contributed by atoms with van der Waals surface area (Å²) in [5.41, 5.74) is 2.55. The number of nitrogens with zero attached hydrogens (tertiary/aromatic N) is 1. The number of hydrogen-bond donors (Lipinski definition) is 1. The maximum Gasteiger partial charge on any atom is 0.161 e. The van der Waals surface area contributed by atoms with Crippen LogP contribution in [-0.4, -0.2) is 51.6 Å². The monoisotopic (exact) mass is 372 g/mol. The van der Waals surface area contributed by atoms with E-state index in [2.05, 4.69) is 52.9 Å². The average molecular weight is 373 g/mol. The Kier molecular flexibility index (Phi) is 6.83. The van der Waals surface area contributed by atoms with E-state index in [9.17, 15) is 0 Å². The minimum absolute atomic E-state index is 0.214. The summed E-state index contributed by atoms with van der Waals surface area (Å²) >= 11 is 1.77. The Labute approximate surface area is 160 Å². The van der Waals surface area contributed by atoms with Crippen molar-refractivity contribution in [2.75, 3.05) is 46.7 Å². The molecule has 0 radical (unpaired) electrons. The van der Waals surface area contributed by atoms with E-state index in [-0.39, 0.29) is 6.04 Å². The maximum absolute atomic E-state index is 5.55. The SMILES string of the molecule is COc1ccc(C(c2ccc(SC)cc2)N2CCCNCC2)cc1OC. The molecule has 1 atom stereocenters. The number of ether oxygens (including phenoxy) is 2. The van der Waals surface area contributed by atoms with Gasteiger partial charge in [0.2, 0.25) is 0 Å². The van der Waals surface area contributed by atoms with Crippen LogP contribution in [0.15, 0.2) is 47.4 Å². The highest BCUT2D eigenvalue weighted by Gasteiger charge is 2.24. The van der Waals surface area contributed by atoms with Crippen LogP contribution in [0, 0.1) is 0 Å². The number of methoxy groups -OCH3 is 2. The maximum atomic E-state index is 5.55. The first-order valence-corrected chi connectivity index (χ1v) is 10.3. The smallest absolute Gasteiger partial charge is 0.161 e. The van der Waals surface area contributed by atoms with Crippen LogP contribution < -0.4 is 14.8 Å². The highest BCUT2D eigenvalue weighted by atomic mass is 32.2. The minimum Gasteiger partial charge on any atom is -0.493 e. The fraction of sp³-hybridized carbons (Fsp3) is 0.429. The number of benzene rings is 2. The second-order valence-corrected chi connectivity index (χ2v) is 7.31. The van der Waals surface area contributed by atoms with Gasteiger partial charge in [0.1, 0.15) is 0 Å². The van der Waals surface area contributed by atoms with Crippen LogP contribution in [0.25, 0.3) is 0 Å². The van der Waals surface area contributed by atoms with Gasteiger partial charge in [0, 0.05) is 24.5 Å². The van der Waals surface area contributed by atoms with E-state index in [0.717, 1.165) is 44.1 Å². The minimum atomic E-state index is 0.214. The van der Waals surface area contributed by atoms with Crippen molar-refractivity contribution in [1.29, 1.82) is 0 Å². The Morgan fingerprint density at radius 2 is 1.65 bits per heavy atom. The highest BCUT2D eigenvalue weighted by molar-refractivity contribution is 7.98. The summed E-state index contributed by atoms with van der Waals surface area (Å²) in [6, 6.07) is 15.4. The summed E-state index contributed by atoms with van der Waals surface area (Å²) in [4.78, 5) is 3.85. The fourth-order valence-electron chi connectivity index (χ4n) is 3.55. The first kappa shape index (κ1) is 19.1. The van der Waals surface area contributed by atoms with E-state index in [4.69, 9.17) is 9.47 Å². The van der Waals surface area contributed by atoms with Gasteiger partial charge in [-0.05, 0) is 54.6 Å². The molecule has 1 aliphatic rings.